The van der Waals surface area contributed by atoms with Crippen molar-refractivity contribution < 1.29 is 8.42 Å². The lowest BCUT2D eigenvalue weighted by Gasteiger charge is -2.28. The van der Waals surface area contributed by atoms with E-state index in [-0.39, 0.29) is 17.8 Å². The minimum absolute atomic E-state index is 0. The second kappa shape index (κ2) is 8.12. The van der Waals surface area contributed by atoms with Gasteiger partial charge >= 0.3 is 0 Å². The Morgan fingerprint density at radius 2 is 1.46 bits per heavy atom. The van der Waals surface area contributed by atoms with Crippen LogP contribution in [-0.2, 0) is 10.0 Å². The number of benzene rings is 2. The van der Waals surface area contributed by atoms with Gasteiger partial charge in [0.1, 0.15) is 0 Å². The standard InChI is InChI=1S/C18H24N2O2S.ClH/c1-18(2,13-19)14-20(3)23(21,22)17-11-9-16(10-12-17)15-7-5-4-6-8-15;/h4-12H,13-14,19H2,1-3H3;1H. The predicted octanol–water partition coefficient (Wildman–Crippen LogP) is 3.38. The number of halogens is 1. The van der Waals surface area contributed by atoms with Crippen LogP contribution in [0.2, 0.25) is 0 Å². The van der Waals surface area contributed by atoms with Crippen molar-refractivity contribution in [3.8, 4) is 11.1 Å². The molecule has 4 nitrogen and oxygen atoms in total. The summed E-state index contributed by atoms with van der Waals surface area (Å²) in [6.07, 6.45) is 0. The Labute approximate surface area is 151 Å². The Morgan fingerprint density at radius 1 is 0.958 bits per heavy atom. The molecule has 2 rings (SSSR count). The number of nitrogens with zero attached hydrogens (tertiary/aromatic N) is 1. The Hall–Kier alpha value is -1.40. The van der Waals surface area contributed by atoms with E-state index in [0.717, 1.165) is 11.1 Å². The third-order valence-electron chi connectivity index (χ3n) is 3.87. The number of hydrogen-bond donors (Lipinski definition) is 1. The fourth-order valence-corrected chi connectivity index (χ4v) is 3.74. The van der Waals surface area contributed by atoms with Crippen LogP contribution < -0.4 is 5.73 Å². The second-order valence-corrected chi connectivity index (χ2v) is 8.56. The van der Waals surface area contributed by atoms with Crippen LogP contribution in [0, 0.1) is 5.41 Å². The Kier molecular flexibility index (Phi) is 6.98. The largest absolute Gasteiger partial charge is 0.330 e. The van der Waals surface area contributed by atoms with Crippen molar-refractivity contribution in [2.75, 3.05) is 20.1 Å². The smallest absolute Gasteiger partial charge is 0.242 e. The maximum Gasteiger partial charge on any atom is 0.242 e. The summed E-state index contributed by atoms with van der Waals surface area (Å²) in [6.45, 7) is 4.72. The molecule has 0 amide bonds. The maximum absolute atomic E-state index is 12.7. The van der Waals surface area contributed by atoms with Gasteiger partial charge in [-0.15, -0.1) is 12.4 Å². The van der Waals surface area contributed by atoms with Gasteiger partial charge in [-0.1, -0.05) is 56.3 Å². The van der Waals surface area contributed by atoms with Crippen LogP contribution in [0.3, 0.4) is 0 Å². The van der Waals surface area contributed by atoms with Gasteiger partial charge in [0.25, 0.3) is 0 Å². The van der Waals surface area contributed by atoms with Crippen molar-refractivity contribution in [2.45, 2.75) is 18.7 Å². The third kappa shape index (κ3) is 4.80. The van der Waals surface area contributed by atoms with Crippen molar-refractivity contribution in [3.63, 3.8) is 0 Å². The molecule has 2 N–H and O–H groups in total. The minimum Gasteiger partial charge on any atom is -0.330 e. The van der Waals surface area contributed by atoms with Gasteiger partial charge in [0, 0.05) is 13.6 Å². The van der Waals surface area contributed by atoms with Gasteiger partial charge < -0.3 is 5.73 Å². The van der Waals surface area contributed by atoms with Crippen LogP contribution in [0.1, 0.15) is 13.8 Å². The fourth-order valence-electron chi connectivity index (χ4n) is 2.38. The summed E-state index contributed by atoms with van der Waals surface area (Å²) in [7, 11) is -1.91. The van der Waals surface area contributed by atoms with E-state index in [1.54, 1.807) is 19.2 Å². The highest BCUT2D eigenvalue weighted by molar-refractivity contribution is 7.89. The zero-order valence-corrected chi connectivity index (χ0v) is 15.9. The SMILES string of the molecule is CN(CC(C)(C)CN)S(=O)(=O)c1ccc(-c2ccccc2)cc1.Cl. The molecule has 0 aromatic heterocycles. The molecule has 0 saturated carbocycles. The zero-order chi connectivity index (χ0) is 17.1. The topological polar surface area (TPSA) is 63.4 Å². The third-order valence-corrected chi connectivity index (χ3v) is 5.69. The lowest BCUT2D eigenvalue weighted by Crippen LogP contribution is -2.39. The molecule has 0 bridgehead atoms. The van der Waals surface area contributed by atoms with Gasteiger partial charge in [-0.05, 0) is 35.2 Å². The van der Waals surface area contributed by atoms with E-state index in [0.29, 0.717) is 18.0 Å². The first-order chi connectivity index (χ1) is 10.8. The Morgan fingerprint density at radius 3 is 1.96 bits per heavy atom. The molecule has 0 radical (unpaired) electrons. The molecule has 0 heterocycles. The highest BCUT2D eigenvalue weighted by atomic mass is 35.5. The summed E-state index contributed by atoms with van der Waals surface area (Å²) in [5.41, 5.74) is 7.50. The number of sulfonamides is 1. The lowest BCUT2D eigenvalue weighted by atomic mass is 9.94. The zero-order valence-electron chi connectivity index (χ0n) is 14.3. The molecule has 2 aromatic carbocycles. The van der Waals surface area contributed by atoms with Crippen molar-refractivity contribution in [1.29, 1.82) is 0 Å². The van der Waals surface area contributed by atoms with Crippen LogP contribution in [0.25, 0.3) is 11.1 Å². The molecule has 0 aliphatic heterocycles. The van der Waals surface area contributed by atoms with E-state index < -0.39 is 10.0 Å². The van der Waals surface area contributed by atoms with Crippen LogP contribution >= 0.6 is 12.4 Å². The number of nitrogens with two attached hydrogens (primary N) is 1. The van der Waals surface area contributed by atoms with E-state index >= 15 is 0 Å². The molecule has 0 fully saturated rings. The molecule has 0 unspecified atom stereocenters. The average Bonchev–Trinajstić information content (AvgIpc) is 2.55. The van der Waals surface area contributed by atoms with E-state index in [2.05, 4.69) is 0 Å². The molecule has 0 saturated heterocycles. The monoisotopic (exact) mass is 368 g/mol. The molecule has 0 atom stereocenters. The van der Waals surface area contributed by atoms with E-state index in [4.69, 9.17) is 5.73 Å². The summed E-state index contributed by atoms with van der Waals surface area (Å²) >= 11 is 0. The number of hydrogen-bond acceptors (Lipinski definition) is 3. The quantitative estimate of drug-likeness (QED) is 0.850. The van der Waals surface area contributed by atoms with Gasteiger partial charge in [-0.25, -0.2) is 12.7 Å². The molecular formula is C18H25ClN2O2S. The number of rotatable bonds is 6. The summed E-state index contributed by atoms with van der Waals surface area (Å²) in [4.78, 5) is 0.299. The van der Waals surface area contributed by atoms with E-state index in [9.17, 15) is 8.42 Å². The van der Waals surface area contributed by atoms with Crippen LogP contribution in [0.15, 0.2) is 59.5 Å². The van der Waals surface area contributed by atoms with Crippen molar-refractivity contribution in [1.82, 2.24) is 4.31 Å². The normalized spacial score (nSPS) is 12.0. The van der Waals surface area contributed by atoms with Gasteiger partial charge in [-0.2, -0.15) is 0 Å². The van der Waals surface area contributed by atoms with Crippen LogP contribution in [-0.4, -0.2) is 32.9 Å². The molecular weight excluding hydrogens is 344 g/mol. The molecule has 0 aliphatic carbocycles. The van der Waals surface area contributed by atoms with Crippen molar-refractivity contribution in [3.05, 3.63) is 54.6 Å². The molecule has 2 aromatic rings. The first kappa shape index (κ1) is 20.6. The summed E-state index contributed by atoms with van der Waals surface area (Å²) < 4.78 is 26.7. The molecule has 6 heteroatoms. The van der Waals surface area contributed by atoms with Crippen LogP contribution in [0.4, 0.5) is 0 Å². The maximum atomic E-state index is 12.7. The van der Waals surface area contributed by atoms with Crippen molar-refractivity contribution in [2.24, 2.45) is 11.1 Å². The van der Waals surface area contributed by atoms with Gasteiger partial charge in [0.05, 0.1) is 4.90 Å². The lowest BCUT2D eigenvalue weighted by molar-refractivity contribution is 0.292. The average molecular weight is 369 g/mol. The van der Waals surface area contributed by atoms with Gasteiger partial charge in [-0.3, -0.25) is 0 Å². The van der Waals surface area contributed by atoms with Crippen LogP contribution in [0.5, 0.6) is 0 Å². The van der Waals surface area contributed by atoms with Gasteiger partial charge in [0.2, 0.25) is 10.0 Å². The van der Waals surface area contributed by atoms with E-state index in [1.165, 1.54) is 4.31 Å². The molecule has 0 aliphatic rings. The second-order valence-electron chi connectivity index (χ2n) is 6.52. The summed E-state index contributed by atoms with van der Waals surface area (Å²) in [5, 5.41) is 0. The van der Waals surface area contributed by atoms with Gasteiger partial charge in [0.15, 0.2) is 0 Å². The first-order valence-electron chi connectivity index (χ1n) is 7.58. The predicted molar refractivity (Wildman–Crippen MR) is 102 cm³/mol. The molecule has 24 heavy (non-hydrogen) atoms. The summed E-state index contributed by atoms with van der Waals surface area (Å²) in [6, 6.07) is 16.9. The summed E-state index contributed by atoms with van der Waals surface area (Å²) in [5.74, 6) is 0. The Bertz CT molecular complexity index is 744. The van der Waals surface area contributed by atoms with Crippen molar-refractivity contribution >= 4 is 22.4 Å². The molecule has 132 valence electrons. The molecule has 0 spiro atoms. The highest BCUT2D eigenvalue weighted by Crippen LogP contribution is 2.24. The fraction of sp³-hybridized carbons (Fsp3) is 0.333. The minimum atomic E-state index is -3.50. The Balaban J connectivity index is 0.00000288. The first-order valence-corrected chi connectivity index (χ1v) is 9.02. The highest BCUT2D eigenvalue weighted by Gasteiger charge is 2.27. The van der Waals surface area contributed by atoms with E-state index in [1.807, 2.05) is 56.3 Å².